The van der Waals surface area contributed by atoms with Gasteiger partial charge in [-0.25, -0.2) is 4.98 Å². The van der Waals surface area contributed by atoms with Gasteiger partial charge in [0.15, 0.2) is 11.3 Å². The molecule has 4 heterocycles. The van der Waals surface area contributed by atoms with Gasteiger partial charge < -0.3 is 14.6 Å². The average molecular weight is 404 g/mol. The molecule has 1 saturated heterocycles. The molecule has 3 aromatic rings. The number of hydrogen-bond acceptors (Lipinski definition) is 5. The van der Waals surface area contributed by atoms with Crippen LogP contribution in [0.5, 0.6) is 0 Å². The fraction of sp³-hybridized carbons (Fsp3) is 0.391. The molecule has 2 aliphatic rings. The topological polar surface area (TPSA) is 88.3 Å². The Kier molecular flexibility index (Phi) is 4.53. The zero-order valence-corrected chi connectivity index (χ0v) is 16.9. The number of aryl methyl sites for hydroxylation is 1. The lowest BCUT2D eigenvalue weighted by Gasteiger charge is -2.33. The molecule has 1 unspecified atom stereocenters. The van der Waals surface area contributed by atoms with Crippen molar-refractivity contribution in [1.82, 2.24) is 20.2 Å². The third kappa shape index (κ3) is 3.44. The molecule has 154 valence electrons. The minimum atomic E-state index is -0.189. The number of amides is 2. The van der Waals surface area contributed by atoms with Crippen LogP contribution in [0.3, 0.4) is 0 Å². The quantitative estimate of drug-likeness (QED) is 0.721. The van der Waals surface area contributed by atoms with Crippen molar-refractivity contribution in [1.29, 1.82) is 0 Å². The Morgan fingerprint density at radius 1 is 1.27 bits per heavy atom. The third-order valence-corrected chi connectivity index (χ3v) is 6.57. The zero-order chi connectivity index (χ0) is 20.7. The van der Waals surface area contributed by atoms with E-state index in [0.29, 0.717) is 29.5 Å². The van der Waals surface area contributed by atoms with Crippen molar-refractivity contribution in [3.05, 3.63) is 59.9 Å². The number of hydrogen-bond donors (Lipinski definition) is 1. The van der Waals surface area contributed by atoms with Crippen LogP contribution in [0.4, 0.5) is 0 Å². The van der Waals surface area contributed by atoms with E-state index in [1.165, 1.54) is 0 Å². The maximum absolute atomic E-state index is 12.7. The average Bonchev–Trinajstić information content (AvgIpc) is 3.24. The highest BCUT2D eigenvalue weighted by molar-refractivity contribution is 5.96. The van der Waals surface area contributed by atoms with Crippen molar-refractivity contribution < 1.29 is 14.0 Å². The summed E-state index contributed by atoms with van der Waals surface area (Å²) in [5.74, 6) is 0.602. The Bertz CT molecular complexity index is 1080. The number of aromatic nitrogens is 2. The van der Waals surface area contributed by atoms with E-state index in [-0.39, 0.29) is 17.2 Å². The van der Waals surface area contributed by atoms with Crippen LogP contribution in [0, 0.1) is 18.3 Å². The number of piperidine rings is 1. The Labute approximate surface area is 174 Å². The second-order valence-corrected chi connectivity index (χ2v) is 8.45. The van der Waals surface area contributed by atoms with E-state index in [1.807, 2.05) is 30.0 Å². The minimum Gasteiger partial charge on any atom is -0.449 e. The van der Waals surface area contributed by atoms with Gasteiger partial charge in [-0.2, -0.15) is 0 Å². The Morgan fingerprint density at radius 2 is 2.10 bits per heavy atom. The Balaban J connectivity index is 1.14. The molecule has 3 aromatic heterocycles. The first kappa shape index (κ1) is 18.8. The fourth-order valence-corrected chi connectivity index (χ4v) is 4.61. The van der Waals surface area contributed by atoms with Gasteiger partial charge in [0.2, 0.25) is 0 Å². The first-order chi connectivity index (χ1) is 14.5. The van der Waals surface area contributed by atoms with Crippen LogP contribution in [0.25, 0.3) is 11.0 Å². The van der Waals surface area contributed by atoms with E-state index >= 15 is 0 Å². The summed E-state index contributed by atoms with van der Waals surface area (Å²) in [6, 6.07) is 9.13. The summed E-state index contributed by atoms with van der Waals surface area (Å²) >= 11 is 0. The second kappa shape index (κ2) is 7.23. The van der Waals surface area contributed by atoms with E-state index in [2.05, 4.69) is 15.3 Å². The van der Waals surface area contributed by atoms with E-state index in [1.54, 1.807) is 24.5 Å². The molecule has 2 fully saturated rings. The molecule has 0 bridgehead atoms. The predicted octanol–water partition coefficient (Wildman–Crippen LogP) is 3.20. The van der Waals surface area contributed by atoms with Gasteiger partial charge in [-0.1, -0.05) is 6.07 Å². The van der Waals surface area contributed by atoms with Crippen molar-refractivity contribution in [3.8, 4) is 0 Å². The molecule has 1 atom stereocenters. The summed E-state index contributed by atoms with van der Waals surface area (Å²) < 4.78 is 5.59. The molecule has 1 saturated carbocycles. The molecular weight excluding hydrogens is 380 g/mol. The monoisotopic (exact) mass is 404 g/mol. The highest BCUT2D eigenvalue weighted by atomic mass is 16.3. The number of carbonyl (C=O) groups is 2. The maximum atomic E-state index is 12.7. The van der Waals surface area contributed by atoms with Crippen molar-refractivity contribution in [2.45, 2.75) is 26.2 Å². The number of furan rings is 1. The third-order valence-electron chi connectivity index (χ3n) is 6.57. The van der Waals surface area contributed by atoms with Crippen LogP contribution in [0.15, 0.2) is 47.1 Å². The Hall–Kier alpha value is -3.22. The molecule has 30 heavy (non-hydrogen) atoms. The highest BCUT2D eigenvalue weighted by Crippen LogP contribution is 2.59. The van der Waals surface area contributed by atoms with E-state index in [4.69, 9.17) is 4.42 Å². The maximum Gasteiger partial charge on any atom is 0.287 e. The van der Waals surface area contributed by atoms with E-state index in [0.717, 1.165) is 43.4 Å². The highest BCUT2D eigenvalue weighted by Gasteiger charge is 2.54. The first-order valence-corrected chi connectivity index (χ1v) is 10.4. The lowest BCUT2D eigenvalue weighted by Crippen LogP contribution is -2.40. The standard InChI is InChI=1S/C23H24N4O3/c1-15-3-2-4-18(26-15)22(29)27-9-6-23(7-10-27)12-17(23)13-25-21(28)19-11-16-5-8-24-14-20(16)30-19/h2-5,8,11,14,17H,6-7,9-10,12-13H2,1H3,(H,25,28). The lowest BCUT2D eigenvalue weighted by molar-refractivity contribution is 0.0662. The van der Waals surface area contributed by atoms with Crippen molar-refractivity contribution >= 4 is 22.8 Å². The fourth-order valence-electron chi connectivity index (χ4n) is 4.61. The molecule has 7 nitrogen and oxygen atoms in total. The molecule has 2 amide bonds. The number of fused-ring (bicyclic) bond motifs is 1. The molecule has 0 aromatic carbocycles. The summed E-state index contributed by atoms with van der Waals surface area (Å²) in [5, 5.41) is 3.89. The van der Waals surface area contributed by atoms with Crippen LogP contribution in [-0.4, -0.2) is 46.3 Å². The summed E-state index contributed by atoms with van der Waals surface area (Å²) in [6.07, 6.45) is 6.34. The van der Waals surface area contributed by atoms with Crippen LogP contribution in [0.1, 0.15) is 46.0 Å². The molecule has 1 spiro atoms. The smallest absolute Gasteiger partial charge is 0.287 e. The summed E-state index contributed by atoms with van der Waals surface area (Å²) in [6.45, 7) is 4.03. The minimum absolute atomic E-state index is 0.0124. The summed E-state index contributed by atoms with van der Waals surface area (Å²) in [4.78, 5) is 35.4. The number of likely N-dealkylation sites (tertiary alicyclic amines) is 1. The van der Waals surface area contributed by atoms with Gasteiger partial charge in [0, 0.05) is 36.9 Å². The number of nitrogens with zero attached hydrogens (tertiary/aromatic N) is 3. The van der Waals surface area contributed by atoms with Gasteiger partial charge in [0.05, 0.1) is 6.20 Å². The van der Waals surface area contributed by atoms with Crippen molar-refractivity contribution in [2.75, 3.05) is 19.6 Å². The van der Waals surface area contributed by atoms with Gasteiger partial charge >= 0.3 is 0 Å². The number of carbonyl (C=O) groups excluding carboxylic acids is 2. The largest absolute Gasteiger partial charge is 0.449 e. The summed E-state index contributed by atoms with van der Waals surface area (Å²) in [5.41, 5.74) is 2.24. The molecule has 1 aliphatic carbocycles. The molecular formula is C23H24N4O3. The first-order valence-electron chi connectivity index (χ1n) is 10.4. The molecule has 5 rings (SSSR count). The van der Waals surface area contributed by atoms with Crippen LogP contribution >= 0.6 is 0 Å². The predicted molar refractivity (Wildman–Crippen MR) is 111 cm³/mol. The van der Waals surface area contributed by atoms with Gasteiger partial charge in [-0.3, -0.25) is 14.6 Å². The molecule has 1 N–H and O–H groups in total. The molecule has 7 heteroatoms. The van der Waals surface area contributed by atoms with Gasteiger partial charge in [0.1, 0.15) is 5.69 Å². The van der Waals surface area contributed by atoms with Crippen LogP contribution < -0.4 is 5.32 Å². The molecule has 0 radical (unpaired) electrons. The lowest BCUT2D eigenvalue weighted by atomic mass is 9.90. The van der Waals surface area contributed by atoms with E-state index in [9.17, 15) is 9.59 Å². The van der Waals surface area contributed by atoms with Gasteiger partial charge in [-0.15, -0.1) is 0 Å². The van der Waals surface area contributed by atoms with Crippen LogP contribution in [0.2, 0.25) is 0 Å². The number of nitrogens with one attached hydrogen (secondary N) is 1. The second-order valence-electron chi connectivity index (χ2n) is 8.45. The summed E-state index contributed by atoms with van der Waals surface area (Å²) in [7, 11) is 0. The van der Waals surface area contributed by atoms with Gasteiger partial charge in [0.25, 0.3) is 11.8 Å². The number of pyridine rings is 2. The van der Waals surface area contributed by atoms with Crippen molar-refractivity contribution in [3.63, 3.8) is 0 Å². The van der Waals surface area contributed by atoms with Crippen molar-refractivity contribution in [2.24, 2.45) is 11.3 Å². The Morgan fingerprint density at radius 3 is 2.87 bits per heavy atom. The normalized spacial score (nSPS) is 19.8. The number of rotatable bonds is 4. The molecule has 1 aliphatic heterocycles. The van der Waals surface area contributed by atoms with Crippen LogP contribution in [-0.2, 0) is 0 Å². The SMILES string of the molecule is Cc1cccc(C(=O)N2CCC3(CC2)CC3CNC(=O)c2cc3ccncc3o2)n1. The zero-order valence-electron chi connectivity index (χ0n) is 16.9. The van der Waals surface area contributed by atoms with E-state index < -0.39 is 0 Å². The van der Waals surface area contributed by atoms with Gasteiger partial charge in [-0.05, 0) is 61.8 Å².